The Morgan fingerprint density at radius 1 is 0.906 bits per heavy atom. The molecule has 0 fully saturated rings. The van der Waals surface area contributed by atoms with Gasteiger partial charge in [0.05, 0.1) is 18.4 Å². The predicted molar refractivity (Wildman–Crippen MR) is 115 cm³/mol. The molecule has 0 spiro atoms. The number of carbonyl (C=O) groups is 2. The Morgan fingerprint density at radius 2 is 1.62 bits per heavy atom. The largest absolute Gasteiger partial charge is 0.497 e. The average molecular weight is 432 g/mol. The van der Waals surface area contributed by atoms with Gasteiger partial charge in [-0.1, -0.05) is 12.1 Å². The molecule has 0 saturated heterocycles. The molecule has 2 heterocycles. The molecule has 32 heavy (non-hydrogen) atoms. The van der Waals surface area contributed by atoms with Crippen LogP contribution in [0.3, 0.4) is 0 Å². The number of rotatable bonds is 5. The monoisotopic (exact) mass is 432 g/mol. The number of hydrogen-bond donors (Lipinski definition) is 1. The van der Waals surface area contributed by atoms with Gasteiger partial charge in [0.15, 0.2) is 11.5 Å². The van der Waals surface area contributed by atoms with Gasteiger partial charge >= 0.3 is 0 Å². The minimum absolute atomic E-state index is 0.100. The Kier molecular flexibility index (Phi) is 4.74. The maximum Gasteiger partial charge on any atom is 0.282 e. The minimum Gasteiger partial charge on any atom is -0.497 e. The highest BCUT2D eigenvalue weighted by Gasteiger charge is 2.40. The van der Waals surface area contributed by atoms with Crippen LogP contribution in [-0.2, 0) is 9.59 Å². The number of amides is 2. The fourth-order valence-corrected chi connectivity index (χ4v) is 3.61. The maximum absolute atomic E-state index is 13.4. The third kappa shape index (κ3) is 3.31. The lowest BCUT2D eigenvalue weighted by Crippen LogP contribution is -2.32. The molecule has 0 radical (unpaired) electrons. The average Bonchev–Trinajstić information content (AvgIpc) is 3.37. The maximum atomic E-state index is 13.4. The van der Waals surface area contributed by atoms with Gasteiger partial charge in [-0.15, -0.1) is 0 Å². The van der Waals surface area contributed by atoms with Crippen LogP contribution in [0.4, 0.5) is 15.8 Å². The van der Waals surface area contributed by atoms with E-state index in [0.717, 1.165) is 4.90 Å². The molecule has 3 aromatic rings. The summed E-state index contributed by atoms with van der Waals surface area (Å²) in [5, 5.41) is 3.07. The van der Waals surface area contributed by atoms with Crippen molar-refractivity contribution in [3.8, 4) is 17.2 Å². The number of ether oxygens (including phenoxy) is 3. The summed E-state index contributed by atoms with van der Waals surface area (Å²) in [7, 11) is 1.54. The Bertz CT molecular complexity index is 1250. The first-order chi connectivity index (χ1) is 15.5. The predicted octanol–water partition coefficient (Wildman–Crippen LogP) is 3.96. The first kappa shape index (κ1) is 19.6. The van der Waals surface area contributed by atoms with E-state index in [-0.39, 0.29) is 23.8 Å². The third-order valence-corrected chi connectivity index (χ3v) is 5.19. The number of nitrogens with one attached hydrogen (secondary N) is 1. The van der Waals surface area contributed by atoms with E-state index in [2.05, 4.69) is 5.32 Å². The van der Waals surface area contributed by atoms with Crippen LogP contribution in [0, 0.1) is 5.82 Å². The molecule has 3 aromatic carbocycles. The van der Waals surface area contributed by atoms with Gasteiger partial charge in [0, 0.05) is 11.8 Å². The fraction of sp³-hybridized carbons (Fsp3) is 0.0833. The Balaban J connectivity index is 1.58. The summed E-state index contributed by atoms with van der Waals surface area (Å²) in [5.74, 6) is 0.220. The molecule has 0 aromatic heterocycles. The lowest BCUT2D eigenvalue weighted by Gasteiger charge is -2.15. The van der Waals surface area contributed by atoms with E-state index in [0.29, 0.717) is 28.5 Å². The summed E-state index contributed by atoms with van der Waals surface area (Å²) in [6.07, 6.45) is 0. The number of benzene rings is 3. The van der Waals surface area contributed by atoms with Gasteiger partial charge in [0.2, 0.25) is 6.79 Å². The highest BCUT2D eigenvalue weighted by Crippen LogP contribution is 2.37. The third-order valence-electron chi connectivity index (χ3n) is 5.19. The number of imide groups is 1. The van der Waals surface area contributed by atoms with E-state index in [4.69, 9.17) is 14.2 Å². The topological polar surface area (TPSA) is 77.1 Å². The highest BCUT2D eigenvalue weighted by atomic mass is 19.1. The van der Waals surface area contributed by atoms with E-state index in [1.54, 1.807) is 49.6 Å². The molecule has 7 nitrogen and oxygen atoms in total. The highest BCUT2D eigenvalue weighted by molar-refractivity contribution is 6.46. The van der Waals surface area contributed by atoms with Crippen LogP contribution >= 0.6 is 0 Å². The Labute approximate surface area is 182 Å². The molecule has 0 aliphatic carbocycles. The molecule has 160 valence electrons. The zero-order valence-electron chi connectivity index (χ0n) is 16.9. The number of nitrogens with zero attached hydrogens (tertiary/aromatic N) is 1. The molecule has 0 unspecified atom stereocenters. The Morgan fingerprint density at radius 3 is 2.34 bits per heavy atom. The van der Waals surface area contributed by atoms with Gasteiger partial charge in [-0.05, 0) is 54.1 Å². The van der Waals surface area contributed by atoms with Crippen LogP contribution in [-0.4, -0.2) is 25.7 Å². The second kappa shape index (κ2) is 7.73. The summed E-state index contributed by atoms with van der Waals surface area (Å²) < 4.78 is 29.3. The molecule has 0 bridgehead atoms. The summed E-state index contributed by atoms with van der Waals surface area (Å²) in [4.78, 5) is 27.8. The number of halogens is 1. The zero-order chi connectivity index (χ0) is 22.2. The molecule has 8 heteroatoms. The second-order valence-electron chi connectivity index (χ2n) is 7.09. The zero-order valence-corrected chi connectivity index (χ0v) is 16.9. The standard InChI is InChI=1S/C24H17FN2O5/c1-30-18-9-2-14(3-10-18)21-22(26-16-6-11-19-20(12-16)32-13-31-19)24(29)27(23(21)28)17-7-4-15(25)5-8-17/h2-12,26H,13H2,1H3. The van der Waals surface area contributed by atoms with E-state index >= 15 is 0 Å². The van der Waals surface area contributed by atoms with E-state index in [1.807, 2.05) is 0 Å². The van der Waals surface area contributed by atoms with Crippen LogP contribution in [0.2, 0.25) is 0 Å². The number of fused-ring (bicyclic) bond motifs is 1. The first-order valence-corrected chi connectivity index (χ1v) is 9.75. The SMILES string of the molecule is COc1ccc(C2=C(Nc3ccc4c(c3)OCO4)C(=O)N(c3ccc(F)cc3)C2=O)cc1. The van der Waals surface area contributed by atoms with Crippen molar-refractivity contribution in [2.75, 3.05) is 24.1 Å². The van der Waals surface area contributed by atoms with Crippen LogP contribution < -0.4 is 24.4 Å². The fourth-order valence-electron chi connectivity index (χ4n) is 3.61. The van der Waals surface area contributed by atoms with Crippen molar-refractivity contribution in [1.29, 1.82) is 0 Å². The Hall–Kier alpha value is -4.33. The normalized spacial score (nSPS) is 14.9. The van der Waals surface area contributed by atoms with E-state index in [1.165, 1.54) is 24.3 Å². The summed E-state index contributed by atoms with van der Waals surface area (Å²) >= 11 is 0. The van der Waals surface area contributed by atoms with Gasteiger partial charge in [-0.3, -0.25) is 9.59 Å². The second-order valence-corrected chi connectivity index (χ2v) is 7.09. The summed E-state index contributed by atoms with van der Waals surface area (Å²) in [5.41, 5.74) is 1.66. The number of carbonyl (C=O) groups excluding carboxylic acids is 2. The first-order valence-electron chi connectivity index (χ1n) is 9.75. The molecule has 0 saturated carbocycles. The van der Waals surface area contributed by atoms with Gasteiger partial charge in [-0.2, -0.15) is 0 Å². The number of methoxy groups -OCH3 is 1. The van der Waals surface area contributed by atoms with Gasteiger partial charge in [0.1, 0.15) is 17.3 Å². The van der Waals surface area contributed by atoms with Gasteiger partial charge in [0.25, 0.3) is 11.8 Å². The molecule has 2 aliphatic heterocycles. The molecular weight excluding hydrogens is 415 g/mol. The van der Waals surface area contributed by atoms with Crippen LogP contribution in [0.15, 0.2) is 72.4 Å². The van der Waals surface area contributed by atoms with Crippen molar-refractivity contribution < 1.29 is 28.2 Å². The van der Waals surface area contributed by atoms with Gasteiger partial charge < -0.3 is 19.5 Å². The van der Waals surface area contributed by atoms with E-state index in [9.17, 15) is 14.0 Å². The van der Waals surface area contributed by atoms with Crippen LogP contribution in [0.25, 0.3) is 5.57 Å². The quantitative estimate of drug-likeness (QED) is 0.615. The molecule has 5 rings (SSSR count). The van der Waals surface area contributed by atoms with E-state index < -0.39 is 17.6 Å². The van der Waals surface area contributed by atoms with Crippen LogP contribution in [0.1, 0.15) is 5.56 Å². The number of hydrogen-bond acceptors (Lipinski definition) is 6. The van der Waals surface area contributed by atoms with Crippen molar-refractivity contribution >= 4 is 28.8 Å². The van der Waals surface area contributed by atoms with Gasteiger partial charge in [-0.25, -0.2) is 9.29 Å². The lowest BCUT2D eigenvalue weighted by molar-refractivity contribution is -0.120. The van der Waals surface area contributed by atoms with Crippen molar-refractivity contribution in [3.05, 3.63) is 83.8 Å². The number of anilines is 2. The van der Waals surface area contributed by atoms with Crippen molar-refractivity contribution in [2.45, 2.75) is 0 Å². The summed E-state index contributed by atoms with van der Waals surface area (Å²) in [6.45, 7) is 0.119. The molecule has 2 aliphatic rings. The molecular formula is C24H17FN2O5. The summed E-state index contributed by atoms with van der Waals surface area (Å²) in [6, 6.07) is 17.1. The minimum atomic E-state index is -0.551. The van der Waals surface area contributed by atoms with Crippen LogP contribution in [0.5, 0.6) is 17.2 Å². The molecule has 2 amide bonds. The molecule has 0 atom stereocenters. The van der Waals surface area contributed by atoms with Crippen molar-refractivity contribution in [2.24, 2.45) is 0 Å². The molecule has 1 N–H and O–H groups in total. The van der Waals surface area contributed by atoms with Crippen molar-refractivity contribution in [3.63, 3.8) is 0 Å². The van der Waals surface area contributed by atoms with Crippen molar-refractivity contribution in [1.82, 2.24) is 0 Å². The lowest BCUT2D eigenvalue weighted by atomic mass is 10.0. The smallest absolute Gasteiger partial charge is 0.282 e.